The summed E-state index contributed by atoms with van der Waals surface area (Å²) in [5.74, 6) is 2.60. The Labute approximate surface area is 105 Å². The molecule has 18 heavy (non-hydrogen) atoms. The zero-order valence-corrected chi connectivity index (χ0v) is 9.84. The Hall–Kier alpha value is -2.48. The average Bonchev–Trinajstić information content (AvgIpc) is 2.65. The van der Waals surface area contributed by atoms with Gasteiger partial charge in [0.1, 0.15) is 11.8 Å². The van der Waals surface area contributed by atoms with E-state index >= 15 is 0 Å². The molecule has 2 rings (SSSR count). The molecule has 1 N–H and O–H groups in total. The zero-order chi connectivity index (χ0) is 13.1. The summed E-state index contributed by atoms with van der Waals surface area (Å²) in [4.78, 5) is 24.8. The number of terminal acetylenes is 1. The molecule has 0 radical (unpaired) electrons. The molecule has 0 bridgehead atoms. The highest BCUT2D eigenvalue weighted by Gasteiger charge is 2.38. The molecule has 1 unspecified atom stereocenters. The van der Waals surface area contributed by atoms with Crippen molar-refractivity contribution in [1.82, 2.24) is 5.32 Å². The molecule has 5 nitrogen and oxygen atoms in total. The van der Waals surface area contributed by atoms with Gasteiger partial charge in [0.25, 0.3) is 5.91 Å². The molecular formula is C13H12N2O3. The number of carbonyl (C=O) groups excluding carboxylic acids is 2. The average molecular weight is 244 g/mol. The second-order valence-corrected chi connectivity index (χ2v) is 3.79. The van der Waals surface area contributed by atoms with Crippen LogP contribution in [0.15, 0.2) is 24.3 Å². The number of benzene rings is 1. The summed E-state index contributed by atoms with van der Waals surface area (Å²) < 4.78 is 5.06. The number of amides is 3. The van der Waals surface area contributed by atoms with Crippen molar-refractivity contribution in [3.05, 3.63) is 24.3 Å². The van der Waals surface area contributed by atoms with Crippen LogP contribution >= 0.6 is 0 Å². The number of methoxy groups -OCH3 is 1. The second-order valence-electron chi connectivity index (χ2n) is 3.79. The van der Waals surface area contributed by atoms with E-state index in [2.05, 4.69) is 11.2 Å². The van der Waals surface area contributed by atoms with Crippen LogP contribution in [0.5, 0.6) is 5.75 Å². The van der Waals surface area contributed by atoms with Gasteiger partial charge >= 0.3 is 6.03 Å². The zero-order valence-electron chi connectivity index (χ0n) is 9.84. The Bertz CT molecular complexity index is 533. The van der Waals surface area contributed by atoms with Gasteiger partial charge in [0.05, 0.1) is 12.8 Å². The molecule has 0 saturated carbocycles. The fourth-order valence-electron chi connectivity index (χ4n) is 1.78. The van der Waals surface area contributed by atoms with Crippen LogP contribution in [0.3, 0.4) is 0 Å². The fraction of sp³-hybridized carbons (Fsp3) is 0.231. The van der Waals surface area contributed by atoms with Gasteiger partial charge in [-0.2, -0.15) is 0 Å². The van der Waals surface area contributed by atoms with Gasteiger partial charge in [0, 0.05) is 12.5 Å². The van der Waals surface area contributed by atoms with Gasteiger partial charge in [-0.05, 0) is 12.1 Å². The molecule has 1 atom stereocenters. The number of nitrogens with zero attached hydrogens (tertiary/aromatic N) is 1. The fourth-order valence-corrected chi connectivity index (χ4v) is 1.78. The molecule has 1 aliphatic heterocycles. The highest BCUT2D eigenvalue weighted by Crippen LogP contribution is 2.24. The third-order valence-electron chi connectivity index (χ3n) is 2.65. The maximum absolute atomic E-state index is 12.0. The lowest BCUT2D eigenvalue weighted by Crippen LogP contribution is -2.31. The van der Waals surface area contributed by atoms with E-state index in [1.54, 1.807) is 24.3 Å². The molecule has 1 aromatic rings. The molecule has 1 heterocycles. The molecule has 5 heteroatoms. The van der Waals surface area contributed by atoms with E-state index in [4.69, 9.17) is 11.2 Å². The third kappa shape index (κ3) is 2.00. The van der Waals surface area contributed by atoms with Crippen LogP contribution < -0.4 is 15.0 Å². The highest BCUT2D eigenvalue weighted by molar-refractivity contribution is 6.21. The third-order valence-corrected chi connectivity index (χ3v) is 2.65. The number of anilines is 1. The predicted molar refractivity (Wildman–Crippen MR) is 66.2 cm³/mol. The molecule has 0 aromatic heterocycles. The van der Waals surface area contributed by atoms with E-state index in [1.165, 1.54) is 7.11 Å². The van der Waals surface area contributed by atoms with Gasteiger partial charge in [-0.25, -0.2) is 9.69 Å². The molecule has 0 aliphatic carbocycles. The molecule has 1 fully saturated rings. The number of ether oxygens (including phenoxy) is 1. The SMILES string of the molecule is C#CCC1NC(=O)N(c2cccc(OC)c2)C1=O. The number of rotatable bonds is 3. The van der Waals surface area contributed by atoms with Crippen molar-refractivity contribution >= 4 is 17.6 Å². The molecule has 1 aliphatic rings. The molecule has 3 amide bonds. The number of hydrogen-bond acceptors (Lipinski definition) is 3. The van der Waals surface area contributed by atoms with Crippen LogP contribution in [-0.2, 0) is 4.79 Å². The van der Waals surface area contributed by atoms with Crippen molar-refractivity contribution in [2.45, 2.75) is 12.5 Å². The smallest absolute Gasteiger partial charge is 0.329 e. The van der Waals surface area contributed by atoms with Crippen molar-refractivity contribution in [2.24, 2.45) is 0 Å². The molecule has 92 valence electrons. The number of nitrogens with one attached hydrogen (secondary N) is 1. The Morgan fingerprint density at radius 1 is 1.50 bits per heavy atom. The molecule has 0 spiro atoms. The Balaban J connectivity index is 2.30. The van der Waals surface area contributed by atoms with Crippen molar-refractivity contribution in [3.8, 4) is 18.1 Å². The van der Waals surface area contributed by atoms with Gasteiger partial charge in [-0.1, -0.05) is 6.07 Å². The minimum absolute atomic E-state index is 0.186. The summed E-state index contributed by atoms with van der Waals surface area (Å²) in [5.41, 5.74) is 0.469. The van der Waals surface area contributed by atoms with Crippen LogP contribution in [0.2, 0.25) is 0 Å². The van der Waals surface area contributed by atoms with E-state index in [1.807, 2.05) is 0 Å². The first-order valence-electron chi connectivity index (χ1n) is 5.39. The standard InChI is InChI=1S/C13H12N2O3/c1-3-5-11-12(16)15(13(17)14-11)9-6-4-7-10(8-9)18-2/h1,4,6-8,11H,5H2,2H3,(H,14,17). The van der Waals surface area contributed by atoms with Crippen LogP contribution in [0.4, 0.5) is 10.5 Å². The number of urea groups is 1. The van der Waals surface area contributed by atoms with E-state index in [0.717, 1.165) is 4.90 Å². The first kappa shape index (κ1) is 12.0. The summed E-state index contributed by atoms with van der Waals surface area (Å²) in [7, 11) is 1.52. The molecular weight excluding hydrogens is 232 g/mol. The normalized spacial score (nSPS) is 18.4. The maximum Gasteiger partial charge on any atom is 0.329 e. The largest absolute Gasteiger partial charge is 0.497 e. The van der Waals surface area contributed by atoms with E-state index in [0.29, 0.717) is 11.4 Å². The number of hydrogen-bond donors (Lipinski definition) is 1. The lowest BCUT2D eigenvalue weighted by Gasteiger charge is -2.13. The van der Waals surface area contributed by atoms with Gasteiger partial charge < -0.3 is 10.1 Å². The number of carbonyl (C=O) groups is 2. The molecule has 1 saturated heterocycles. The topological polar surface area (TPSA) is 58.6 Å². The van der Waals surface area contributed by atoms with Crippen molar-refractivity contribution in [3.63, 3.8) is 0 Å². The van der Waals surface area contributed by atoms with Gasteiger partial charge in [-0.15, -0.1) is 12.3 Å². The number of imide groups is 1. The Morgan fingerprint density at radius 3 is 2.94 bits per heavy atom. The van der Waals surface area contributed by atoms with Crippen LogP contribution in [0.25, 0.3) is 0 Å². The monoisotopic (exact) mass is 244 g/mol. The second kappa shape index (κ2) is 4.80. The summed E-state index contributed by atoms with van der Waals surface area (Å²) in [6.45, 7) is 0. The minimum atomic E-state index is -0.645. The van der Waals surface area contributed by atoms with Crippen LogP contribution in [0, 0.1) is 12.3 Å². The summed E-state index contributed by atoms with van der Waals surface area (Å²) >= 11 is 0. The van der Waals surface area contributed by atoms with Crippen molar-refractivity contribution < 1.29 is 14.3 Å². The van der Waals surface area contributed by atoms with E-state index in [-0.39, 0.29) is 12.3 Å². The summed E-state index contributed by atoms with van der Waals surface area (Å²) in [6, 6.07) is 5.63. The molecule has 1 aromatic carbocycles. The summed E-state index contributed by atoms with van der Waals surface area (Å²) in [6.07, 6.45) is 5.34. The highest BCUT2D eigenvalue weighted by atomic mass is 16.5. The quantitative estimate of drug-likeness (QED) is 0.640. The minimum Gasteiger partial charge on any atom is -0.497 e. The van der Waals surface area contributed by atoms with Crippen LogP contribution in [0.1, 0.15) is 6.42 Å². The summed E-state index contributed by atoms with van der Waals surface area (Å²) in [5, 5.41) is 2.54. The lowest BCUT2D eigenvalue weighted by atomic mass is 10.2. The Morgan fingerprint density at radius 2 is 2.28 bits per heavy atom. The van der Waals surface area contributed by atoms with Crippen molar-refractivity contribution in [1.29, 1.82) is 0 Å². The first-order chi connectivity index (χ1) is 8.67. The lowest BCUT2D eigenvalue weighted by molar-refractivity contribution is -0.118. The van der Waals surface area contributed by atoms with Crippen LogP contribution in [-0.4, -0.2) is 25.1 Å². The van der Waals surface area contributed by atoms with E-state index in [9.17, 15) is 9.59 Å². The van der Waals surface area contributed by atoms with E-state index < -0.39 is 12.1 Å². The van der Waals surface area contributed by atoms with Gasteiger partial charge in [-0.3, -0.25) is 4.79 Å². The van der Waals surface area contributed by atoms with Gasteiger partial charge in [0.2, 0.25) is 0 Å². The maximum atomic E-state index is 12.0. The Kier molecular flexibility index (Phi) is 3.20. The van der Waals surface area contributed by atoms with Gasteiger partial charge in [0.15, 0.2) is 0 Å². The first-order valence-corrected chi connectivity index (χ1v) is 5.39. The predicted octanol–water partition coefficient (Wildman–Crippen LogP) is 1.14. The van der Waals surface area contributed by atoms with Crippen molar-refractivity contribution in [2.75, 3.05) is 12.0 Å².